The summed E-state index contributed by atoms with van der Waals surface area (Å²) in [6.45, 7) is 0. The van der Waals surface area contributed by atoms with Gasteiger partial charge in [-0.15, -0.1) is 0 Å². The van der Waals surface area contributed by atoms with E-state index in [2.05, 4.69) is 0 Å². The molecule has 0 saturated carbocycles. The molecule has 8 aromatic rings. The molecule has 0 saturated heterocycles. The molecule has 0 aliphatic carbocycles. The molecule has 0 unspecified atom stereocenters. The van der Waals surface area contributed by atoms with E-state index < -0.39 is 17.5 Å². The summed E-state index contributed by atoms with van der Waals surface area (Å²) >= 11 is 0. The Labute approximate surface area is 256 Å². The average Bonchev–Trinajstić information content (AvgIpc) is 3.10. The van der Waals surface area contributed by atoms with Crippen LogP contribution < -0.4 is 0 Å². The molecular formula is C39H22F3N3. The Morgan fingerprint density at radius 2 is 0.889 bits per heavy atom. The molecule has 3 nitrogen and oxygen atoms in total. The van der Waals surface area contributed by atoms with Crippen LogP contribution in [0.3, 0.4) is 0 Å². The van der Waals surface area contributed by atoms with Crippen LogP contribution in [-0.2, 0) is 0 Å². The molecule has 2 heterocycles. The lowest BCUT2D eigenvalue weighted by Gasteiger charge is -2.18. The second-order valence-corrected chi connectivity index (χ2v) is 10.8. The number of aromatic nitrogens is 3. The number of pyridine rings is 1. The largest absolute Gasteiger partial charge is 0.247 e. The summed E-state index contributed by atoms with van der Waals surface area (Å²) in [5.41, 5.74) is 6.82. The summed E-state index contributed by atoms with van der Waals surface area (Å²) in [7, 11) is 0. The Hall–Kier alpha value is -5.88. The molecule has 6 aromatic carbocycles. The molecule has 0 amide bonds. The summed E-state index contributed by atoms with van der Waals surface area (Å²) in [5, 5.41) is 2.40. The number of fused-ring (bicyclic) bond motifs is 5. The molecule has 45 heavy (non-hydrogen) atoms. The molecule has 214 valence electrons. The van der Waals surface area contributed by atoms with Gasteiger partial charge < -0.3 is 0 Å². The molecule has 0 aliphatic heterocycles. The fraction of sp³-hybridized carbons (Fsp3) is 0. The summed E-state index contributed by atoms with van der Waals surface area (Å²) in [6, 6.07) is 40.9. The number of halogens is 3. The zero-order chi connectivity index (χ0) is 30.5. The Balaban J connectivity index is 1.62. The van der Waals surface area contributed by atoms with E-state index in [9.17, 15) is 13.2 Å². The minimum Gasteiger partial charge on any atom is -0.247 e. The highest BCUT2D eigenvalue weighted by Crippen LogP contribution is 2.43. The first-order valence-electron chi connectivity index (χ1n) is 14.5. The Morgan fingerprint density at radius 3 is 1.47 bits per heavy atom. The van der Waals surface area contributed by atoms with Crippen molar-refractivity contribution in [1.29, 1.82) is 0 Å². The maximum Gasteiger partial charge on any atom is 0.194 e. The van der Waals surface area contributed by atoms with Crippen LogP contribution in [0.2, 0.25) is 0 Å². The zero-order valence-electron chi connectivity index (χ0n) is 23.7. The minimum absolute atomic E-state index is 0.145. The first-order chi connectivity index (χ1) is 22.1. The summed E-state index contributed by atoms with van der Waals surface area (Å²) < 4.78 is 43.7. The van der Waals surface area contributed by atoms with Gasteiger partial charge in [-0.25, -0.2) is 28.1 Å². The fourth-order valence-corrected chi connectivity index (χ4v) is 5.97. The van der Waals surface area contributed by atoms with Crippen LogP contribution in [0.5, 0.6) is 0 Å². The normalized spacial score (nSPS) is 11.4. The summed E-state index contributed by atoms with van der Waals surface area (Å²) in [4.78, 5) is 15.6. The second kappa shape index (κ2) is 10.7. The molecule has 6 heteroatoms. The number of hydrogen-bond donors (Lipinski definition) is 0. The average molecular weight is 590 g/mol. The van der Waals surface area contributed by atoms with Crippen LogP contribution >= 0.6 is 0 Å². The lowest BCUT2D eigenvalue weighted by molar-refractivity contribution is 0.448. The SMILES string of the molecule is Fc1cc(-c2cc3c(-c4ccccc4)nc4ccccc4c3c3nc(-c4ccccc4)c(-c4ccccc4)nc23)cc(F)c1F. The zero-order valence-corrected chi connectivity index (χ0v) is 23.7. The van der Waals surface area contributed by atoms with Crippen molar-refractivity contribution in [2.75, 3.05) is 0 Å². The Morgan fingerprint density at radius 1 is 0.400 bits per heavy atom. The van der Waals surface area contributed by atoms with Gasteiger partial charge in [-0.2, -0.15) is 0 Å². The van der Waals surface area contributed by atoms with Gasteiger partial charge in [-0.05, 0) is 29.8 Å². The van der Waals surface area contributed by atoms with E-state index in [1.807, 2.05) is 121 Å². The smallest absolute Gasteiger partial charge is 0.194 e. The maximum atomic E-state index is 14.8. The fourth-order valence-electron chi connectivity index (χ4n) is 5.97. The maximum absolute atomic E-state index is 14.8. The highest BCUT2D eigenvalue weighted by atomic mass is 19.2. The molecule has 2 aromatic heterocycles. The molecule has 0 spiro atoms. The number of nitrogens with zero attached hydrogens (tertiary/aromatic N) is 3. The molecule has 0 aliphatic rings. The van der Waals surface area contributed by atoms with Crippen molar-refractivity contribution in [1.82, 2.24) is 15.0 Å². The topological polar surface area (TPSA) is 38.7 Å². The van der Waals surface area contributed by atoms with Crippen molar-refractivity contribution < 1.29 is 13.2 Å². The number of hydrogen-bond acceptors (Lipinski definition) is 3. The molecular weight excluding hydrogens is 567 g/mol. The van der Waals surface area contributed by atoms with Gasteiger partial charge in [0.1, 0.15) is 0 Å². The lowest BCUT2D eigenvalue weighted by Crippen LogP contribution is -2.00. The van der Waals surface area contributed by atoms with Gasteiger partial charge in [-0.1, -0.05) is 109 Å². The van der Waals surface area contributed by atoms with E-state index in [0.717, 1.165) is 50.5 Å². The Kier molecular flexibility index (Phi) is 6.34. The van der Waals surface area contributed by atoms with E-state index >= 15 is 0 Å². The van der Waals surface area contributed by atoms with E-state index in [-0.39, 0.29) is 5.56 Å². The van der Waals surface area contributed by atoms with Crippen molar-refractivity contribution in [3.05, 3.63) is 151 Å². The molecule has 0 fully saturated rings. The molecule has 0 atom stereocenters. The van der Waals surface area contributed by atoms with Crippen LogP contribution in [0.25, 0.3) is 77.6 Å². The van der Waals surface area contributed by atoms with E-state index in [0.29, 0.717) is 33.7 Å². The van der Waals surface area contributed by atoms with Crippen molar-refractivity contribution in [2.24, 2.45) is 0 Å². The predicted octanol–water partition coefficient (Wildman–Crippen LogP) is 10.4. The van der Waals surface area contributed by atoms with Crippen LogP contribution in [0, 0.1) is 17.5 Å². The second-order valence-electron chi connectivity index (χ2n) is 10.8. The van der Waals surface area contributed by atoms with Crippen molar-refractivity contribution in [2.45, 2.75) is 0 Å². The number of para-hydroxylation sites is 1. The minimum atomic E-state index is -1.52. The van der Waals surface area contributed by atoms with Gasteiger partial charge in [0.05, 0.1) is 33.6 Å². The van der Waals surface area contributed by atoms with Gasteiger partial charge >= 0.3 is 0 Å². The van der Waals surface area contributed by atoms with Gasteiger partial charge in [0.15, 0.2) is 17.5 Å². The molecule has 8 rings (SSSR count). The highest BCUT2D eigenvalue weighted by molar-refractivity contribution is 6.23. The first kappa shape index (κ1) is 26.7. The van der Waals surface area contributed by atoms with Crippen molar-refractivity contribution in [3.8, 4) is 44.9 Å². The van der Waals surface area contributed by atoms with Crippen molar-refractivity contribution in [3.63, 3.8) is 0 Å². The lowest BCUT2D eigenvalue weighted by atomic mass is 9.93. The van der Waals surface area contributed by atoms with E-state index in [1.54, 1.807) is 0 Å². The Bertz CT molecular complexity index is 2370. The summed E-state index contributed by atoms with van der Waals surface area (Å²) in [5.74, 6) is -4.09. The van der Waals surface area contributed by atoms with E-state index in [4.69, 9.17) is 15.0 Å². The van der Waals surface area contributed by atoms with Crippen LogP contribution in [-0.4, -0.2) is 15.0 Å². The van der Waals surface area contributed by atoms with Crippen LogP contribution in [0.1, 0.15) is 0 Å². The van der Waals surface area contributed by atoms with Gasteiger partial charge in [-0.3, -0.25) is 0 Å². The van der Waals surface area contributed by atoms with Gasteiger partial charge in [0.25, 0.3) is 0 Å². The summed E-state index contributed by atoms with van der Waals surface area (Å²) in [6.07, 6.45) is 0. The van der Waals surface area contributed by atoms with E-state index in [1.165, 1.54) is 0 Å². The number of benzene rings is 6. The highest BCUT2D eigenvalue weighted by Gasteiger charge is 2.23. The third kappa shape index (κ3) is 4.50. The molecule has 0 N–H and O–H groups in total. The monoisotopic (exact) mass is 589 g/mol. The van der Waals surface area contributed by atoms with Crippen molar-refractivity contribution >= 4 is 32.7 Å². The van der Waals surface area contributed by atoms with Crippen LogP contribution in [0.4, 0.5) is 13.2 Å². The van der Waals surface area contributed by atoms with Gasteiger partial charge in [0.2, 0.25) is 0 Å². The van der Waals surface area contributed by atoms with Gasteiger partial charge in [0, 0.05) is 38.4 Å². The quantitative estimate of drug-likeness (QED) is 0.151. The third-order valence-electron chi connectivity index (χ3n) is 8.04. The molecule has 0 bridgehead atoms. The molecule has 0 radical (unpaired) electrons. The number of rotatable bonds is 4. The van der Waals surface area contributed by atoms with Crippen LogP contribution in [0.15, 0.2) is 133 Å². The predicted molar refractivity (Wildman–Crippen MR) is 174 cm³/mol. The standard InChI is InChI=1S/C39H22F3N3/c40-30-20-26(21-31(41)34(30)42)28-22-29-33(27-18-10-11-19-32(27)43-35(29)23-12-4-1-5-13-23)39-38(28)44-36(24-14-6-2-7-15-24)37(45-39)25-16-8-3-9-17-25/h1-22H. The third-order valence-corrected chi connectivity index (χ3v) is 8.04. The first-order valence-corrected chi connectivity index (χ1v) is 14.5.